The van der Waals surface area contributed by atoms with Crippen molar-refractivity contribution >= 4 is 23.6 Å². The Morgan fingerprint density at radius 1 is 1.00 bits per heavy atom. The maximum atomic E-state index is 12.7. The Hall–Kier alpha value is -2.70. The Kier molecular flexibility index (Phi) is 6.44. The average molecular weight is 387 g/mol. The van der Waals surface area contributed by atoms with Crippen molar-refractivity contribution in [3.05, 3.63) is 35.9 Å². The summed E-state index contributed by atoms with van der Waals surface area (Å²) < 4.78 is 10.4. The van der Waals surface area contributed by atoms with E-state index in [1.165, 1.54) is 4.90 Å². The smallest absolute Gasteiger partial charge is 0.330 e. The molecule has 1 aliphatic heterocycles. The lowest BCUT2D eigenvalue weighted by Crippen LogP contribution is -2.50. The fourth-order valence-corrected chi connectivity index (χ4v) is 3.97. The van der Waals surface area contributed by atoms with Gasteiger partial charge in [0.2, 0.25) is 5.78 Å². The van der Waals surface area contributed by atoms with Crippen LogP contribution < -0.4 is 0 Å². The predicted octanol–water partition coefficient (Wildman–Crippen LogP) is 2.02. The lowest BCUT2D eigenvalue weighted by Gasteiger charge is -2.34. The summed E-state index contributed by atoms with van der Waals surface area (Å²) in [4.78, 5) is 51.9. The SMILES string of the molecule is CCOC(=O)[C@H]1[C@@H](C(=O)OCc2ccccc2)C(=O)C(=O)N1C1CCCCC1. The number of hydrogen-bond donors (Lipinski definition) is 0. The summed E-state index contributed by atoms with van der Waals surface area (Å²) in [7, 11) is 0. The predicted molar refractivity (Wildman–Crippen MR) is 98.9 cm³/mol. The van der Waals surface area contributed by atoms with E-state index in [0.29, 0.717) is 12.8 Å². The highest BCUT2D eigenvalue weighted by Gasteiger charge is 2.57. The van der Waals surface area contributed by atoms with E-state index in [1.807, 2.05) is 6.07 Å². The monoisotopic (exact) mass is 387 g/mol. The van der Waals surface area contributed by atoms with Gasteiger partial charge in [0.05, 0.1) is 6.61 Å². The van der Waals surface area contributed by atoms with Crippen molar-refractivity contribution in [2.75, 3.05) is 6.61 Å². The molecule has 2 aliphatic rings. The molecule has 0 aromatic heterocycles. The molecule has 7 heteroatoms. The van der Waals surface area contributed by atoms with Crippen molar-refractivity contribution < 1.29 is 28.7 Å². The van der Waals surface area contributed by atoms with E-state index < -0.39 is 35.6 Å². The number of ketones is 1. The molecular formula is C21H25NO6. The Balaban J connectivity index is 1.82. The quantitative estimate of drug-likeness (QED) is 0.421. The molecule has 1 heterocycles. The Labute approximate surface area is 164 Å². The van der Waals surface area contributed by atoms with Crippen molar-refractivity contribution in [1.29, 1.82) is 0 Å². The summed E-state index contributed by atoms with van der Waals surface area (Å²) in [5, 5.41) is 0. The maximum absolute atomic E-state index is 12.7. The van der Waals surface area contributed by atoms with E-state index in [4.69, 9.17) is 9.47 Å². The zero-order chi connectivity index (χ0) is 20.1. The van der Waals surface area contributed by atoms with Crippen molar-refractivity contribution in [3.63, 3.8) is 0 Å². The van der Waals surface area contributed by atoms with E-state index in [-0.39, 0.29) is 19.3 Å². The minimum Gasteiger partial charge on any atom is -0.464 e. The molecule has 2 fully saturated rings. The highest BCUT2D eigenvalue weighted by atomic mass is 16.5. The number of carbonyl (C=O) groups excluding carboxylic acids is 4. The second-order valence-corrected chi connectivity index (χ2v) is 7.14. The fourth-order valence-electron chi connectivity index (χ4n) is 3.97. The van der Waals surface area contributed by atoms with E-state index in [1.54, 1.807) is 31.2 Å². The van der Waals surface area contributed by atoms with Gasteiger partial charge in [0.15, 0.2) is 12.0 Å². The van der Waals surface area contributed by atoms with Crippen LogP contribution in [0.3, 0.4) is 0 Å². The number of carbonyl (C=O) groups is 4. The molecule has 28 heavy (non-hydrogen) atoms. The van der Waals surface area contributed by atoms with Gasteiger partial charge in [0.1, 0.15) is 6.61 Å². The average Bonchev–Trinajstić information content (AvgIpc) is 2.99. The Bertz CT molecular complexity index is 741. The first-order valence-corrected chi connectivity index (χ1v) is 9.78. The molecule has 1 saturated heterocycles. The third-order valence-electron chi connectivity index (χ3n) is 5.32. The molecule has 1 amide bonds. The molecule has 0 bridgehead atoms. The number of benzene rings is 1. The number of rotatable bonds is 6. The molecule has 1 saturated carbocycles. The third kappa shape index (κ3) is 4.08. The second kappa shape index (κ2) is 8.99. The number of esters is 2. The first kappa shape index (κ1) is 20.0. The van der Waals surface area contributed by atoms with Crippen molar-refractivity contribution in [3.8, 4) is 0 Å². The Morgan fingerprint density at radius 3 is 2.32 bits per heavy atom. The van der Waals surface area contributed by atoms with Crippen LogP contribution >= 0.6 is 0 Å². The number of Topliss-reactive ketones (excluding diaryl/α,β-unsaturated/α-hetero) is 1. The number of hydrogen-bond acceptors (Lipinski definition) is 6. The van der Waals surface area contributed by atoms with Crippen LogP contribution in [0.5, 0.6) is 0 Å². The largest absolute Gasteiger partial charge is 0.464 e. The van der Waals surface area contributed by atoms with Gasteiger partial charge in [-0.3, -0.25) is 14.4 Å². The molecule has 0 unspecified atom stereocenters. The van der Waals surface area contributed by atoms with Gasteiger partial charge in [-0.15, -0.1) is 0 Å². The fraction of sp³-hybridized carbons (Fsp3) is 0.524. The van der Waals surface area contributed by atoms with Gasteiger partial charge in [-0.25, -0.2) is 4.79 Å². The molecule has 0 radical (unpaired) electrons. The summed E-state index contributed by atoms with van der Waals surface area (Å²) in [6, 6.07) is 7.54. The van der Waals surface area contributed by atoms with Gasteiger partial charge in [0.25, 0.3) is 5.91 Å². The maximum Gasteiger partial charge on any atom is 0.330 e. The van der Waals surface area contributed by atoms with E-state index in [2.05, 4.69) is 0 Å². The van der Waals surface area contributed by atoms with Gasteiger partial charge >= 0.3 is 11.9 Å². The van der Waals surface area contributed by atoms with Crippen LogP contribution in [0, 0.1) is 5.92 Å². The molecular weight excluding hydrogens is 362 g/mol. The summed E-state index contributed by atoms with van der Waals surface area (Å²) in [6.45, 7) is 1.71. The molecule has 150 valence electrons. The minimum absolute atomic E-state index is 0.0311. The van der Waals surface area contributed by atoms with Crippen LogP contribution in [0.1, 0.15) is 44.6 Å². The Morgan fingerprint density at radius 2 is 1.68 bits per heavy atom. The standard InChI is InChI=1S/C21H25NO6/c1-2-27-21(26)17-16(20(25)28-13-14-9-5-3-6-10-14)18(23)19(24)22(17)15-11-7-4-8-12-15/h3,5-6,9-10,15-17H,2,4,7-8,11-13H2,1H3/t16-,17-/m1/s1. The second-order valence-electron chi connectivity index (χ2n) is 7.14. The molecule has 3 rings (SSSR count). The first-order valence-electron chi connectivity index (χ1n) is 9.78. The summed E-state index contributed by atoms with van der Waals surface area (Å²) in [6.07, 6.45) is 4.31. The molecule has 2 atom stereocenters. The lowest BCUT2D eigenvalue weighted by atomic mass is 9.92. The topological polar surface area (TPSA) is 90.0 Å². The van der Waals surface area contributed by atoms with Gasteiger partial charge in [-0.05, 0) is 25.3 Å². The first-order chi connectivity index (χ1) is 13.5. The van der Waals surface area contributed by atoms with Gasteiger partial charge in [-0.1, -0.05) is 49.6 Å². The number of amides is 1. The summed E-state index contributed by atoms with van der Waals surface area (Å²) in [5.74, 6) is -4.74. The van der Waals surface area contributed by atoms with Gasteiger partial charge < -0.3 is 14.4 Å². The molecule has 7 nitrogen and oxygen atoms in total. The number of ether oxygens (including phenoxy) is 2. The van der Waals surface area contributed by atoms with E-state index >= 15 is 0 Å². The van der Waals surface area contributed by atoms with Crippen LogP contribution in [0.15, 0.2) is 30.3 Å². The van der Waals surface area contributed by atoms with Crippen molar-refractivity contribution in [1.82, 2.24) is 4.90 Å². The van der Waals surface area contributed by atoms with Crippen molar-refractivity contribution in [2.24, 2.45) is 5.92 Å². The zero-order valence-electron chi connectivity index (χ0n) is 16.0. The molecule has 1 aromatic carbocycles. The highest BCUT2D eigenvalue weighted by molar-refractivity contribution is 6.43. The zero-order valence-corrected chi connectivity index (χ0v) is 16.0. The number of nitrogens with zero attached hydrogens (tertiary/aromatic N) is 1. The van der Waals surface area contributed by atoms with Crippen LogP contribution in [-0.4, -0.2) is 47.2 Å². The molecule has 0 N–H and O–H groups in total. The third-order valence-corrected chi connectivity index (χ3v) is 5.32. The van der Waals surface area contributed by atoms with E-state index in [9.17, 15) is 19.2 Å². The number of likely N-dealkylation sites (tertiary alicyclic amines) is 1. The molecule has 1 aliphatic carbocycles. The molecule has 0 spiro atoms. The van der Waals surface area contributed by atoms with Gasteiger partial charge in [0, 0.05) is 6.04 Å². The van der Waals surface area contributed by atoms with Crippen LogP contribution in [0.25, 0.3) is 0 Å². The van der Waals surface area contributed by atoms with Crippen LogP contribution in [0.2, 0.25) is 0 Å². The van der Waals surface area contributed by atoms with Gasteiger partial charge in [-0.2, -0.15) is 0 Å². The van der Waals surface area contributed by atoms with Crippen LogP contribution in [-0.2, 0) is 35.3 Å². The highest BCUT2D eigenvalue weighted by Crippen LogP contribution is 2.33. The minimum atomic E-state index is -1.47. The molecule has 1 aromatic rings. The summed E-state index contributed by atoms with van der Waals surface area (Å²) in [5.41, 5.74) is 0.754. The van der Waals surface area contributed by atoms with Crippen molar-refractivity contribution in [2.45, 2.75) is 57.7 Å². The summed E-state index contributed by atoms with van der Waals surface area (Å²) >= 11 is 0. The van der Waals surface area contributed by atoms with Crippen LogP contribution in [0.4, 0.5) is 0 Å². The lowest BCUT2D eigenvalue weighted by molar-refractivity contribution is -0.162. The normalized spacial score (nSPS) is 23.0. The van der Waals surface area contributed by atoms with E-state index in [0.717, 1.165) is 24.8 Å².